The van der Waals surface area contributed by atoms with Crippen molar-refractivity contribution >= 4 is 39.2 Å². The van der Waals surface area contributed by atoms with E-state index in [1.54, 1.807) is 12.1 Å². The highest BCUT2D eigenvalue weighted by Gasteiger charge is 2.08. The van der Waals surface area contributed by atoms with Crippen LogP contribution in [0, 0.1) is 0 Å². The molecule has 2 aromatic heterocycles. The second-order valence-electron chi connectivity index (χ2n) is 3.57. The minimum Gasteiger partial charge on any atom is -0.440 e. The van der Waals surface area contributed by atoms with Crippen molar-refractivity contribution in [3.8, 4) is 0 Å². The number of nitrogen functional groups attached to an aromatic ring is 1. The number of benzene rings is 1. The Balaban J connectivity index is 1.95. The highest BCUT2D eigenvalue weighted by atomic mass is 35.5. The number of nitrogens with zero attached hydrogens (tertiary/aromatic N) is 2. The first kappa shape index (κ1) is 10.6. The van der Waals surface area contributed by atoms with Gasteiger partial charge >= 0.3 is 0 Å². The Labute approximate surface area is 106 Å². The van der Waals surface area contributed by atoms with Gasteiger partial charge < -0.3 is 10.2 Å². The summed E-state index contributed by atoms with van der Waals surface area (Å²) in [4.78, 5) is 8.52. The second-order valence-corrected chi connectivity index (χ2v) is 4.90. The quantitative estimate of drug-likeness (QED) is 0.773. The molecule has 2 heterocycles. The van der Waals surface area contributed by atoms with Crippen molar-refractivity contribution in [1.29, 1.82) is 0 Å². The standard InChI is InChI=1S/C11H8ClN3OS/c12-6-1-2-8-9(3-6)16-10(15-8)4-7-5-17-11(13)14-7/h1-3,5H,4H2,(H2,13,14). The number of nitrogens with two attached hydrogens (primary N) is 1. The lowest BCUT2D eigenvalue weighted by atomic mass is 10.3. The summed E-state index contributed by atoms with van der Waals surface area (Å²) in [5.74, 6) is 0.618. The van der Waals surface area contributed by atoms with Crippen LogP contribution in [-0.4, -0.2) is 9.97 Å². The number of fused-ring (bicyclic) bond motifs is 1. The third-order valence-corrected chi connectivity index (χ3v) is 3.25. The summed E-state index contributed by atoms with van der Waals surface area (Å²) >= 11 is 7.29. The van der Waals surface area contributed by atoms with Crippen molar-refractivity contribution < 1.29 is 4.42 Å². The van der Waals surface area contributed by atoms with Crippen molar-refractivity contribution in [2.24, 2.45) is 0 Å². The number of halogens is 1. The SMILES string of the molecule is Nc1nc(Cc2nc3ccc(Cl)cc3o2)cs1. The van der Waals surface area contributed by atoms with Gasteiger partial charge in [-0.1, -0.05) is 11.6 Å². The van der Waals surface area contributed by atoms with Gasteiger partial charge in [-0.05, 0) is 12.1 Å². The van der Waals surface area contributed by atoms with E-state index in [4.69, 9.17) is 21.8 Å². The van der Waals surface area contributed by atoms with Gasteiger partial charge in [0.05, 0.1) is 12.1 Å². The fraction of sp³-hybridized carbons (Fsp3) is 0.0909. The summed E-state index contributed by atoms with van der Waals surface area (Å²) in [7, 11) is 0. The first-order valence-electron chi connectivity index (χ1n) is 4.95. The van der Waals surface area contributed by atoms with Crippen LogP contribution in [0.1, 0.15) is 11.6 Å². The van der Waals surface area contributed by atoms with Crippen LogP contribution in [0.4, 0.5) is 5.13 Å². The molecular weight excluding hydrogens is 258 g/mol. The predicted octanol–water partition coefficient (Wildman–Crippen LogP) is 3.11. The smallest absolute Gasteiger partial charge is 0.201 e. The van der Waals surface area contributed by atoms with Gasteiger partial charge in [0.15, 0.2) is 10.7 Å². The van der Waals surface area contributed by atoms with Crippen LogP contribution in [0.25, 0.3) is 11.1 Å². The van der Waals surface area contributed by atoms with Crippen molar-refractivity contribution in [1.82, 2.24) is 9.97 Å². The monoisotopic (exact) mass is 265 g/mol. The predicted molar refractivity (Wildman–Crippen MR) is 68.4 cm³/mol. The van der Waals surface area contributed by atoms with E-state index in [9.17, 15) is 0 Å². The Morgan fingerprint density at radius 3 is 3.00 bits per heavy atom. The number of rotatable bonds is 2. The van der Waals surface area contributed by atoms with Gasteiger partial charge in [-0.25, -0.2) is 9.97 Å². The molecule has 4 nitrogen and oxygen atoms in total. The first-order valence-corrected chi connectivity index (χ1v) is 6.21. The fourth-order valence-electron chi connectivity index (χ4n) is 1.58. The Morgan fingerprint density at radius 2 is 2.24 bits per heavy atom. The van der Waals surface area contributed by atoms with Crippen LogP contribution in [0.3, 0.4) is 0 Å². The molecule has 0 aliphatic heterocycles. The molecule has 86 valence electrons. The maximum atomic E-state index is 5.88. The number of hydrogen-bond acceptors (Lipinski definition) is 5. The molecule has 2 N–H and O–H groups in total. The Morgan fingerprint density at radius 1 is 1.35 bits per heavy atom. The van der Waals surface area contributed by atoms with Crippen molar-refractivity contribution in [2.75, 3.05) is 5.73 Å². The van der Waals surface area contributed by atoms with Gasteiger partial charge in [-0.15, -0.1) is 11.3 Å². The average molecular weight is 266 g/mol. The zero-order chi connectivity index (χ0) is 11.8. The minimum absolute atomic E-state index is 0.542. The molecule has 0 unspecified atom stereocenters. The highest BCUT2D eigenvalue weighted by molar-refractivity contribution is 7.13. The van der Waals surface area contributed by atoms with Gasteiger partial charge in [0.2, 0.25) is 5.89 Å². The molecule has 0 spiro atoms. The molecule has 0 aliphatic rings. The summed E-state index contributed by atoms with van der Waals surface area (Å²) in [5.41, 5.74) is 7.92. The summed E-state index contributed by atoms with van der Waals surface area (Å²) in [6, 6.07) is 5.37. The topological polar surface area (TPSA) is 64.9 Å². The average Bonchev–Trinajstić information content (AvgIpc) is 2.84. The molecule has 0 atom stereocenters. The van der Waals surface area contributed by atoms with E-state index in [0.29, 0.717) is 28.0 Å². The maximum absolute atomic E-state index is 5.88. The molecular formula is C11H8ClN3OS. The molecule has 0 saturated carbocycles. The maximum Gasteiger partial charge on any atom is 0.201 e. The van der Waals surface area contributed by atoms with Crippen LogP contribution in [-0.2, 0) is 6.42 Å². The summed E-state index contributed by atoms with van der Waals surface area (Å²) < 4.78 is 5.59. The number of thiazole rings is 1. The molecule has 1 aromatic carbocycles. The van der Waals surface area contributed by atoms with E-state index < -0.39 is 0 Å². The summed E-state index contributed by atoms with van der Waals surface area (Å²) in [6.07, 6.45) is 0.542. The van der Waals surface area contributed by atoms with E-state index in [0.717, 1.165) is 11.2 Å². The lowest BCUT2D eigenvalue weighted by Gasteiger charge is -1.88. The number of hydrogen-bond donors (Lipinski definition) is 1. The Bertz CT molecular complexity index is 676. The fourth-order valence-corrected chi connectivity index (χ4v) is 2.31. The van der Waals surface area contributed by atoms with Crippen molar-refractivity contribution in [2.45, 2.75) is 6.42 Å². The van der Waals surface area contributed by atoms with Gasteiger partial charge in [0.1, 0.15) is 5.52 Å². The number of oxazole rings is 1. The second kappa shape index (κ2) is 4.01. The van der Waals surface area contributed by atoms with E-state index in [-0.39, 0.29) is 0 Å². The van der Waals surface area contributed by atoms with Crippen LogP contribution in [0.5, 0.6) is 0 Å². The Kier molecular flexibility index (Phi) is 2.49. The van der Waals surface area contributed by atoms with Crippen molar-refractivity contribution in [3.05, 3.63) is 40.2 Å². The van der Waals surface area contributed by atoms with E-state index in [2.05, 4.69) is 9.97 Å². The number of aromatic nitrogens is 2. The summed E-state index contributed by atoms with van der Waals surface area (Å²) in [5, 5.41) is 3.09. The lowest BCUT2D eigenvalue weighted by molar-refractivity contribution is 0.542. The largest absolute Gasteiger partial charge is 0.440 e. The van der Waals surface area contributed by atoms with Gasteiger partial charge in [-0.2, -0.15) is 0 Å². The van der Waals surface area contributed by atoms with Gasteiger partial charge in [-0.3, -0.25) is 0 Å². The first-order chi connectivity index (χ1) is 8.20. The van der Waals surface area contributed by atoms with Crippen LogP contribution in [0.2, 0.25) is 5.02 Å². The van der Waals surface area contributed by atoms with Crippen LogP contribution < -0.4 is 5.73 Å². The van der Waals surface area contributed by atoms with E-state index >= 15 is 0 Å². The van der Waals surface area contributed by atoms with Crippen molar-refractivity contribution in [3.63, 3.8) is 0 Å². The molecule has 0 aliphatic carbocycles. The molecule has 0 fully saturated rings. The molecule has 17 heavy (non-hydrogen) atoms. The molecule has 6 heteroatoms. The van der Waals surface area contributed by atoms with Gasteiger partial charge in [0, 0.05) is 16.5 Å². The summed E-state index contributed by atoms with van der Waals surface area (Å²) in [6.45, 7) is 0. The van der Waals surface area contributed by atoms with Crippen LogP contribution >= 0.6 is 22.9 Å². The lowest BCUT2D eigenvalue weighted by Crippen LogP contribution is -1.89. The normalized spacial score (nSPS) is 11.1. The number of anilines is 1. The zero-order valence-corrected chi connectivity index (χ0v) is 10.3. The van der Waals surface area contributed by atoms with E-state index in [1.807, 2.05) is 11.4 Å². The molecule has 0 amide bonds. The third-order valence-electron chi connectivity index (χ3n) is 2.30. The minimum atomic E-state index is 0.542. The third kappa shape index (κ3) is 2.11. The molecule has 3 aromatic rings. The molecule has 0 bridgehead atoms. The zero-order valence-electron chi connectivity index (χ0n) is 8.68. The molecule has 0 saturated heterocycles. The molecule has 0 radical (unpaired) electrons. The van der Waals surface area contributed by atoms with Gasteiger partial charge in [0.25, 0.3) is 0 Å². The highest BCUT2D eigenvalue weighted by Crippen LogP contribution is 2.22. The van der Waals surface area contributed by atoms with E-state index in [1.165, 1.54) is 11.3 Å². The van der Waals surface area contributed by atoms with Crippen LogP contribution in [0.15, 0.2) is 28.0 Å². The Hall–Kier alpha value is -1.59. The molecule has 3 rings (SSSR count).